The molecule has 28 heavy (non-hydrogen) atoms. The van der Waals surface area contributed by atoms with E-state index in [9.17, 15) is 19.5 Å². The maximum atomic E-state index is 12.7. The number of carboxylic acids is 1. The lowest BCUT2D eigenvalue weighted by atomic mass is 10.2. The summed E-state index contributed by atoms with van der Waals surface area (Å²) in [5.41, 5.74) is 1.15. The summed E-state index contributed by atoms with van der Waals surface area (Å²) >= 11 is 1.58. The first-order chi connectivity index (χ1) is 13.4. The molecule has 0 radical (unpaired) electrons. The van der Waals surface area contributed by atoms with Gasteiger partial charge in [-0.15, -0.1) is 0 Å². The van der Waals surface area contributed by atoms with Crippen LogP contribution < -0.4 is 5.32 Å². The fraction of sp³-hybridized carbons (Fsp3) is 0.550. The summed E-state index contributed by atoms with van der Waals surface area (Å²) < 4.78 is 5.14. The Morgan fingerprint density at radius 1 is 1.32 bits per heavy atom. The molecule has 154 valence electrons. The highest BCUT2D eigenvalue weighted by Gasteiger charge is 2.37. The lowest BCUT2D eigenvalue weighted by Crippen LogP contribution is -2.54. The number of carboxylic acid groups (broad SMARTS) is 1. The van der Waals surface area contributed by atoms with Gasteiger partial charge in [0.25, 0.3) is 0 Å². The number of ether oxygens (including phenoxy) is 1. The van der Waals surface area contributed by atoms with E-state index in [1.54, 1.807) is 25.6 Å². The van der Waals surface area contributed by atoms with Crippen LogP contribution in [0, 0.1) is 0 Å². The Morgan fingerprint density at radius 3 is 2.68 bits per heavy atom. The third-order valence-corrected chi connectivity index (χ3v) is 5.72. The van der Waals surface area contributed by atoms with Gasteiger partial charge in [-0.25, -0.2) is 4.79 Å². The number of thioether (sulfide) groups is 1. The average Bonchev–Trinajstić information content (AvgIpc) is 3.17. The summed E-state index contributed by atoms with van der Waals surface area (Å²) in [6.45, 7) is 4.08. The molecule has 1 saturated heterocycles. The van der Waals surface area contributed by atoms with E-state index in [0.717, 1.165) is 11.3 Å². The Hall–Kier alpha value is -2.06. The van der Waals surface area contributed by atoms with Crippen LogP contribution in [0.2, 0.25) is 0 Å². The van der Waals surface area contributed by atoms with Crippen LogP contribution in [0.15, 0.2) is 30.3 Å². The monoisotopic (exact) mass is 408 g/mol. The number of rotatable bonds is 10. The molecule has 2 rings (SSSR count). The molecule has 0 aromatic heterocycles. The number of likely N-dealkylation sites (tertiary alicyclic amines) is 1. The van der Waals surface area contributed by atoms with Gasteiger partial charge in [-0.2, -0.15) is 11.8 Å². The van der Waals surface area contributed by atoms with E-state index in [2.05, 4.69) is 5.32 Å². The van der Waals surface area contributed by atoms with Crippen molar-refractivity contribution in [2.75, 3.05) is 18.9 Å². The van der Waals surface area contributed by atoms with E-state index in [-0.39, 0.29) is 12.5 Å². The van der Waals surface area contributed by atoms with Crippen molar-refractivity contribution in [2.45, 2.75) is 50.6 Å². The van der Waals surface area contributed by atoms with E-state index in [0.29, 0.717) is 25.1 Å². The topological polar surface area (TPSA) is 95.9 Å². The van der Waals surface area contributed by atoms with Crippen LogP contribution in [0.5, 0.6) is 0 Å². The zero-order valence-corrected chi connectivity index (χ0v) is 17.1. The Morgan fingerprint density at radius 2 is 2.04 bits per heavy atom. The van der Waals surface area contributed by atoms with Gasteiger partial charge in [0, 0.05) is 18.1 Å². The number of nitrogens with one attached hydrogen (secondary N) is 1. The van der Waals surface area contributed by atoms with Gasteiger partial charge in [0.15, 0.2) is 0 Å². The molecule has 1 amide bonds. The predicted molar refractivity (Wildman–Crippen MR) is 108 cm³/mol. The summed E-state index contributed by atoms with van der Waals surface area (Å²) in [4.78, 5) is 37.8. The van der Waals surface area contributed by atoms with Crippen LogP contribution in [0.25, 0.3) is 0 Å². The molecule has 0 aliphatic carbocycles. The summed E-state index contributed by atoms with van der Waals surface area (Å²) in [6, 6.07) is 7.82. The molecule has 0 bridgehead atoms. The Kier molecular flexibility index (Phi) is 8.79. The van der Waals surface area contributed by atoms with Gasteiger partial charge in [0.2, 0.25) is 5.91 Å². The van der Waals surface area contributed by atoms with Gasteiger partial charge in [-0.05, 0) is 32.3 Å². The van der Waals surface area contributed by atoms with E-state index in [1.807, 2.05) is 30.3 Å². The smallest absolute Gasteiger partial charge is 0.326 e. The lowest BCUT2D eigenvalue weighted by molar-refractivity contribution is -0.150. The molecule has 8 heteroatoms. The highest BCUT2D eigenvalue weighted by atomic mass is 32.2. The molecule has 0 spiro atoms. The summed E-state index contributed by atoms with van der Waals surface area (Å²) in [5.74, 6) is -0.494. The van der Waals surface area contributed by atoms with Crippen LogP contribution >= 0.6 is 11.8 Å². The normalized spacial score (nSPS) is 18.5. The van der Waals surface area contributed by atoms with Crippen molar-refractivity contribution in [3.63, 3.8) is 0 Å². The van der Waals surface area contributed by atoms with Crippen molar-refractivity contribution in [1.29, 1.82) is 0 Å². The van der Waals surface area contributed by atoms with Crippen molar-refractivity contribution >= 4 is 29.6 Å². The largest absolute Gasteiger partial charge is 0.480 e. The number of carbonyl (C=O) groups excluding carboxylic acids is 2. The maximum Gasteiger partial charge on any atom is 0.326 e. The van der Waals surface area contributed by atoms with Crippen molar-refractivity contribution in [3.05, 3.63) is 35.9 Å². The number of benzene rings is 1. The summed E-state index contributed by atoms with van der Waals surface area (Å²) in [6.07, 6.45) is 1.13. The molecule has 1 fully saturated rings. The van der Waals surface area contributed by atoms with E-state index >= 15 is 0 Å². The van der Waals surface area contributed by atoms with Crippen LogP contribution in [-0.4, -0.2) is 64.9 Å². The van der Waals surface area contributed by atoms with Gasteiger partial charge in [0.1, 0.15) is 12.1 Å². The number of hydrogen-bond acceptors (Lipinski definition) is 6. The fourth-order valence-electron chi connectivity index (χ4n) is 3.20. The highest BCUT2D eigenvalue weighted by molar-refractivity contribution is 7.98. The minimum atomic E-state index is -0.988. The van der Waals surface area contributed by atoms with Gasteiger partial charge in [-0.1, -0.05) is 30.3 Å². The van der Waals surface area contributed by atoms with Crippen molar-refractivity contribution in [3.8, 4) is 0 Å². The lowest BCUT2D eigenvalue weighted by Gasteiger charge is -2.27. The third kappa shape index (κ3) is 6.24. The Balaban J connectivity index is 1.95. The first kappa shape index (κ1) is 22.2. The molecular formula is C20H28N2O5S. The predicted octanol–water partition coefficient (Wildman–Crippen LogP) is 1.91. The van der Waals surface area contributed by atoms with Crippen LogP contribution in [0.4, 0.5) is 0 Å². The number of amides is 1. The second kappa shape index (κ2) is 11.1. The fourth-order valence-corrected chi connectivity index (χ4v) is 4.22. The number of esters is 1. The molecule has 7 nitrogen and oxygen atoms in total. The van der Waals surface area contributed by atoms with Gasteiger partial charge < -0.3 is 14.7 Å². The SMILES string of the molecule is CCOC(=O)C(CSCc1ccccc1)N[C@@H](C)C(=O)N1CCCC1C(=O)O. The molecule has 3 atom stereocenters. The molecule has 1 aromatic carbocycles. The van der Waals surface area contributed by atoms with Crippen LogP contribution in [-0.2, 0) is 24.9 Å². The minimum Gasteiger partial charge on any atom is -0.480 e. The molecule has 1 aliphatic heterocycles. The second-order valence-corrected chi connectivity index (χ2v) is 7.75. The maximum absolute atomic E-state index is 12.7. The zero-order chi connectivity index (χ0) is 20.5. The van der Waals surface area contributed by atoms with Crippen LogP contribution in [0.3, 0.4) is 0 Å². The molecule has 2 unspecified atom stereocenters. The van der Waals surface area contributed by atoms with E-state index in [1.165, 1.54) is 4.90 Å². The quantitative estimate of drug-likeness (QED) is 0.571. The first-order valence-corrected chi connectivity index (χ1v) is 10.7. The van der Waals surface area contributed by atoms with Crippen molar-refractivity contribution in [1.82, 2.24) is 10.2 Å². The van der Waals surface area contributed by atoms with Gasteiger partial charge in [-0.3, -0.25) is 14.9 Å². The summed E-state index contributed by atoms with van der Waals surface area (Å²) in [7, 11) is 0. The number of aliphatic carboxylic acids is 1. The van der Waals surface area contributed by atoms with E-state index in [4.69, 9.17) is 4.74 Å². The second-order valence-electron chi connectivity index (χ2n) is 6.72. The molecule has 1 heterocycles. The standard InChI is InChI=1S/C20H28N2O5S/c1-3-27-20(26)16(13-28-12-15-8-5-4-6-9-15)21-14(2)18(23)22-11-7-10-17(22)19(24)25/h4-6,8-9,14,16-17,21H,3,7,10-13H2,1-2H3,(H,24,25)/t14-,16?,17?/m0/s1. The number of carbonyl (C=O) groups is 3. The minimum absolute atomic E-state index is 0.260. The van der Waals surface area contributed by atoms with Crippen molar-refractivity contribution in [2.24, 2.45) is 0 Å². The van der Waals surface area contributed by atoms with Gasteiger partial charge >= 0.3 is 11.9 Å². The zero-order valence-electron chi connectivity index (χ0n) is 16.3. The molecular weight excluding hydrogens is 380 g/mol. The Labute approximate surface area is 169 Å². The third-order valence-electron chi connectivity index (χ3n) is 4.61. The molecule has 1 aliphatic rings. The van der Waals surface area contributed by atoms with Crippen LogP contribution in [0.1, 0.15) is 32.3 Å². The first-order valence-electron chi connectivity index (χ1n) is 9.51. The van der Waals surface area contributed by atoms with E-state index < -0.39 is 30.1 Å². The van der Waals surface area contributed by atoms with Gasteiger partial charge in [0.05, 0.1) is 12.6 Å². The summed E-state index contributed by atoms with van der Waals surface area (Å²) in [5, 5.41) is 12.3. The Bertz CT molecular complexity index is 670. The number of hydrogen-bond donors (Lipinski definition) is 2. The average molecular weight is 409 g/mol. The molecule has 0 saturated carbocycles. The van der Waals surface area contributed by atoms with Crippen molar-refractivity contribution < 1.29 is 24.2 Å². The molecule has 2 N–H and O–H groups in total. The number of nitrogens with zero attached hydrogens (tertiary/aromatic N) is 1. The highest BCUT2D eigenvalue weighted by Crippen LogP contribution is 2.19. The molecule has 1 aromatic rings.